The number of furan rings is 1. The van der Waals surface area contributed by atoms with Crippen molar-refractivity contribution in [1.82, 2.24) is 9.97 Å². The summed E-state index contributed by atoms with van der Waals surface area (Å²) in [6, 6.07) is 5.97. The third-order valence-electron chi connectivity index (χ3n) is 4.32. The van der Waals surface area contributed by atoms with Gasteiger partial charge in [-0.25, -0.2) is 9.97 Å². The SMILES string of the molecule is Cc1ccc(CN(C)c2cc(N3CCCC(CO)C3)ncn2)o1. The number of aliphatic hydroxyl groups excluding tert-OH is 1. The minimum Gasteiger partial charge on any atom is -0.464 e. The molecule has 6 nitrogen and oxygen atoms in total. The third-order valence-corrected chi connectivity index (χ3v) is 4.32. The van der Waals surface area contributed by atoms with E-state index in [-0.39, 0.29) is 6.61 Å². The number of anilines is 2. The smallest absolute Gasteiger partial charge is 0.134 e. The first-order valence-corrected chi connectivity index (χ1v) is 8.10. The summed E-state index contributed by atoms with van der Waals surface area (Å²) in [6.45, 7) is 4.69. The predicted octanol–water partition coefficient (Wildman–Crippen LogP) is 2.22. The lowest BCUT2D eigenvalue weighted by molar-refractivity contribution is 0.208. The van der Waals surface area contributed by atoms with E-state index in [2.05, 4.69) is 19.8 Å². The maximum atomic E-state index is 9.39. The van der Waals surface area contributed by atoms with Gasteiger partial charge in [0, 0.05) is 32.8 Å². The van der Waals surface area contributed by atoms with Gasteiger partial charge in [-0.1, -0.05) is 0 Å². The monoisotopic (exact) mass is 316 g/mol. The quantitative estimate of drug-likeness (QED) is 0.912. The zero-order valence-corrected chi connectivity index (χ0v) is 13.8. The van der Waals surface area contributed by atoms with Gasteiger partial charge in [-0.05, 0) is 37.8 Å². The van der Waals surface area contributed by atoms with Gasteiger partial charge < -0.3 is 19.3 Å². The van der Waals surface area contributed by atoms with Crippen LogP contribution in [0.4, 0.5) is 11.6 Å². The van der Waals surface area contributed by atoms with Crippen LogP contribution in [0.25, 0.3) is 0 Å². The minimum atomic E-state index is 0.242. The molecule has 6 heteroatoms. The molecule has 0 saturated carbocycles. The fraction of sp³-hybridized carbons (Fsp3) is 0.529. The standard InChI is InChI=1S/C17H24N4O2/c1-13-5-6-15(23-13)10-20(2)16-8-17(19-12-18-16)21-7-3-4-14(9-21)11-22/h5-6,8,12,14,22H,3-4,7,9-11H2,1-2H3. The number of nitrogens with zero attached hydrogens (tertiary/aromatic N) is 4. The predicted molar refractivity (Wildman–Crippen MR) is 89.6 cm³/mol. The van der Waals surface area contributed by atoms with Crippen molar-refractivity contribution in [3.8, 4) is 0 Å². The van der Waals surface area contributed by atoms with E-state index >= 15 is 0 Å². The molecule has 3 heterocycles. The summed E-state index contributed by atoms with van der Waals surface area (Å²) in [4.78, 5) is 13.1. The molecule has 1 saturated heterocycles. The molecule has 0 bridgehead atoms. The molecule has 2 aromatic heterocycles. The number of aromatic nitrogens is 2. The number of aliphatic hydroxyl groups is 1. The largest absolute Gasteiger partial charge is 0.464 e. The summed E-state index contributed by atoms with van der Waals surface area (Å²) < 4.78 is 5.63. The van der Waals surface area contributed by atoms with Crippen molar-refractivity contribution in [3.05, 3.63) is 36.0 Å². The second-order valence-electron chi connectivity index (χ2n) is 6.24. The highest BCUT2D eigenvalue weighted by Gasteiger charge is 2.21. The molecule has 1 aliphatic rings. The van der Waals surface area contributed by atoms with E-state index in [1.54, 1.807) is 6.33 Å². The Balaban J connectivity index is 1.71. The van der Waals surface area contributed by atoms with E-state index < -0.39 is 0 Å². The van der Waals surface area contributed by atoms with Gasteiger partial charge >= 0.3 is 0 Å². The van der Waals surface area contributed by atoms with Crippen molar-refractivity contribution in [2.45, 2.75) is 26.3 Å². The average molecular weight is 316 g/mol. The van der Waals surface area contributed by atoms with Gasteiger partial charge in [-0.3, -0.25) is 0 Å². The van der Waals surface area contributed by atoms with Crippen LogP contribution in [0.1, 0.15) is 24.4 Å². The van der Waals surface area contributed by atoms with E-state index in [4.69, 9.17) is 4.42 Å². The first kappa shape index (κ1) is 15.8. The molecule has 0 aromatic carbocycles. The van der Waals surface area contributed by atoms with E-state index in [1.807, 2.05) is 32.2 Å². The molecule has 1 atom stereocenters. The summed E-state index contributed by atoms with van der Waals surface area (Å²) in [7, 11) is 2.00. The minimum absolute atomic E-state index is 0.242. The molecule has 124 valence electrons. The van der Waals surface area contributed by atoms with Gasteiger partial charge in [-0.2, -0.15) is 0 Å². The van der Waals surface area contributed by atoms with Crippen molar-refractivity contribution in [2.24, 2.45) is 5.92 Å². The highest BCUT2D eigenvalue weighted by atomic mass is 16.3. The maximum absolute atomic E-state index is 9.39. The van der Waals surface area contributed by atoms with Crippen LogP contribution in [-0.4, -0.2) is 41.8 Å². The zero-order chi connectivity index (χ0) is 16.2. The molecule has 23 heavy (non-hydrogen) atoms. The summed E-state index contributed by atoms with van der Waals surface area (Å²) in [5, 5.41) is 9.39. The Morgan fingerprint density at radius 2 is 2.26 bits per heavy atom. The molecule has 1 fully saturated rings. The van der Waals surface area contributed by atoms with Crippen LogP contribution in [-0.2, 0) is 6.54 Å². The molecular formula is C17H24N4O2. The fourth-order valence-electron chi connectivity index (χ4n) is 3.03. The molecule has 0 spiro atoms. The molecule has 0 aliphatic carbocycles. The Labute approximate surface area is 136 Å². The Morgan fingerprint density at radius 1 is 1.39 bits per heavy atom. The van der Waals surface area contributed by atoms with E-state index in [0.717, 1.165) is 49.1 Å². The van der Waals surface area contributed by atoms with E-state index in [9.17, 15) is 5.11 Å². The first-order chi connectivity index (χ1) is 11.2. The van der Waals surface area contributed by atoms with Crippen molar-refractivity contribution in [3.63, 3.8) is 0 Å². The Morgan fingerprint density at radius 3 is 3.00 bits per heavy atom. The Hall–Kier alpha value is -2.08. The molecule has 3 rings (SSSR count). The molecular weight excluding hydrogens is 292 g/mol. The van der Waals surface area contributed by atoms with Crippen LogP contribution in [0.2, 0.25) is 0 Å². The zero-order valence-electron chi connectivity index (χ0n) is 13.8. The molecule has 0 amide bonds. The van der Waals surface area contributed by atoms with Crippen LogP contribution >= 0.6 is 0 Å². The van der Waals surface area contributed by atoms with Crippen molar-refractivity contribution in [2.75, 3.05) is 36.5 Å². The topological polar surface area (TPSA) is 65.6 Å². The number of piperidine rings is 1. The normalized spacial score (nSPS) is 18.2. The van der Waals surface area contributed by atoms with E-state index in [1.165, 1.54) is 0 Å². The molecule has 1 aliphatic heterocycles. The highest BCUT2D eigenvalue weighted by molar-refractivity contribution is 5.50. The number of hydrogen-bond donors (Lipinski definition) is 1. The summed E-state index contributed by atoms with van der Waals surface area (Å²) in [5.74, 6) is 3.97. The van der Waals surface area contributed by atoms with Crippen molar-refractivity contribution >= 4 is 11.6 Å². The molecule has 1 N–H and O–H groups in total. The maximum Gasteiger partial charge on any atom is 0.134 e. The Kier molecular flexibility index (Phi) is 4.81. The van der Waals surface area contributed by atoms with Crippen LogP contribution < -0.4 is 9.80 Å². The molecule has 1 unspecified atom stereocenters. The van der Waals surface area contributed by atoms with E-state index in [0.29, 0.717) is 12.5 Å². The van der Waals surface area contributed by atoms with Crippen LogP contribution in [0, 0.1) is 12.8 Å². The molecule has 0 radical (unpaired) electrons. The lowest BCUT2D eigenvalue weighted by atomic mass is 9.99. The lowest BCUT2D eigenvalue weighted by Crippen LogP contribution is -2.37. The van der Waals surface area contributed by atoms with Gasteiger partial charge in [0.15, 0.2) is 0 Å². The van der Waals surface area contributed by atoms with Crippen LogP contribution in [0.5, 0.6) is 0 Å². The lowest BCUT2D eigenvalue weighted by Gasteiger charge is -2.33. The second kappa shape index (κ2) is 7.00. The summed E-state index contributed by atoms with van der Waals surface area (Å²) in [5.41, 5.74) is 0. The number of hydrogen-bond acceptors (Lipinski definition) is 6. The van der Waals surface area contributed by atoms with Crippen LogP contribution in [0.15, 0.2) is 28.9 Å². The summed E-state index contributed by atoms with van der Waals surface area (Å²) in [6.07, 6.45) is 3.78. The first-order valence-electron chi connectivity index (χ1n) is 8.10. The highest BCUT2D eigenvalue weighted by Crippen LogP contribution is 2.24. The molecule has 2 aromatic rings. The van der Waals surface area contributed by atoms with Gasteiger partial charge in [0.05, 0.1) is 6.54 Å². The van der Waals surface area contributed by atoms with Gasteiger partial charge in [-0.15, -0.1) is 0 Å². The van der Waals surface area contributed by atoms with Crippen molar-refractivity contribution in [1.29, 1.82) is 0 Å². The number of aryl methyl sites for hydroxylation is 1. The second-order valence-corrected chi connectivity index (χ2v) is 6.24. The van der Waals surface area contributed by atoms with Crippen molar-refractivity contribution < 1.29 is 9.52 Å². The fourth-order valence-corrected chi connectivity index (χ4v) is 3.03. The Bertz CT molecular complexity index is 643. The van der Waals surface area contributed by atoms with Gasteiger partial charge in [0.2, 0.25) is 0 Å². The average Bonchev–Trinajstić information content (AvgIpc) is 3.00. The van der Waals surface area contributed by atoms with Gasteiger partial charge in [0.25, 0.3) is 0 Å². The summed E-state index contributed by atoms with van der Waals surface area (Å²) >= 11 is 0. The number of rotatable bonds is 5. The third kappa shape index (κ3) is 3.82. The van der Waals surface area contributed by atoms with Crippen LogP contribution in [0.3, 0.4) is 0 Å². The van der Waals surface area contributed by atoms with Gasteiger partial charge in [0.1, 0.15) is 29.5 Å².